The van der Waals surface area contributed by atoms with E-state index < -0.39 is 5.41 Å². The molecule has 1 rings (SSSR count). The molecule has 0 radical (unpaired) electrons. The van der Waals surface area contributed by atoms with Crippen LogP contribution in [0.25, 0.3) is 0 Å². The van der Waals surface area contributed by atoms with Gasteiger partial charge in [0.1, 0.15) is 0 Å². The van der Waals surface area contributed by atoms with Crippen LogP contribution in [0.2, 0.25) is 0 Å². The first-order chi connectivity index (χ1) is 9.38. The maximum atomic E-state index is 12.4. The molecule has 0 aromatic heterocycles. The van der Waals surface area contributed by atoms with Crippen LogP contribution >= 0.6 is 0 Å². The van der Waals surface area contributed by atoms with Gasteiger partial charge in [0.25, 0.3) is 5.91 Å². The van der Waals surface area contributed by atoms with Crippen molar-refractivity contribution in [1.29, 1.82) is 0 Å². The van der Waals surface area contributed by atoms with Gasteiger partial charge >= 0.3 is 0 Å². The van der Waals surface area contributed by atoms with Gasteiger partial charge in [-0.25, -0.2) is 0 Å². The molecule has 1 saturated heterocycles. The van der Waals surface area contributed by atoms with Crippen molar-refractivity contribution in [3.05, 3.63) is 0 Å². The minimum absolute atomic E-state index is 0.238. The normalized spacial score (nSPS) is 20.0. The molecule has 3 heteroatoms. The summed E-state index contributed by atoms with van der Waals surface area (Å²) in [5, 5.41) is 0. The Labute approximate surface area is 124 Å². The summed E-state index contributed by atoms with van der Waals surface area (Å²) in [6.07, 6.45) is 9.25. The molecule has 3 nitrogen and oxygen atoms in total. The monoisotopic (exact) mass is 281 g/mol. The molecule has 0 saturated carbocycles. The average Bonchev–Trinajstić information content (AvgIpc) is 2.41. The fraction of sp³-hybridized carbons (Fsp3) is 0.882. The molecule has 1 aliphatic rings. The highest BCUT2D eigenvalue weighted by molar-refractivity contribution is 6.37. The van der Waals surface area contributed by atoms with Crippen molar-refractivity contribution in [2.75, 3.05) is 6.54 Å². The molecule has 1 unspecified atom stereocenters. The molecule has 0 spiro atoms. The minimum atomic E-state index is -0.568. The highest BCUT2D eigenvalue weighted by atomic mass is 16.2. The molecule has 116 valence electrons. The average molecular weight is 281 g/mol. The number of piperidine rings is 1. The van der Waals surface area contributed by atoms with E-state index in [-0.39, 0.29) is 11.7 Å². The molecule has 1 fully saturated rings. The number of unbranched alkanes of at least 4 members (excludes halogenated alkanes) is 3. The minimum Gasteiger partial charge on any atom is -0.333 e. The summed E-state index contributed by atoms with van der Waals surface area (Å²) < 4.78 is 0. The number of likely N-dealkylation sites (tertiary alicyclic amines) is 1. The lowest BCUT2D eigenvalue weighted by Crippen LogP contribution is -2.49. The molecule has 0 bridgehead atoms. The molecule has 20 heavy (non-hydrogen) atoms. The summed E-state index contributed by atoms with van der Waals surface area (Å²) in [5.74, 6) is -0.490. The van der Waals surface area contributed by atoms with Crippen molar-refractivity contribution in [2.24, 2.45) is 5.41 Å². The van der Waals surface area contributed by atoms with Crippen LogP contribution in [0, 0.1) is 5.41 Å². The highest BCUT2D eigenvalue weighted by Gasteiger charge is 2.35. The van der Waals surface area contributed by atoms with Crippen LogP contribution in [0.4, 0.5) is 0 Å². The van der Waals surface area contributed by atoms with Crippen molar-refractivity contribution in [3.63, 3.8) is 0 Å². The number of amides is 1. The molecule has 0 aliphatic carbocycles. The number of carbonyl (C=O) groups excluding carboxylic acids is 2. The van der Waals surface area contributed by atoms with Crippen LogP contribution in [0.1, 0.15) is 79.1 Å². The second-order valence-electron chi connectivity index (χ2n) is 7.08. The molecule has 1 heterocycles. The summed E-state index contributed by atoms with van der Waals surface area (Å²) in [4.78, 5) is 26.5. The number of nitrogens with zero attached hydrogens (tertiary/aromatic N) is 1. The van der Waals surface area contributed by atoms with E-state index in [4.69, 9.17) is 0 Å². The molecular formula is C17H31NO2. The van der Waals surface area contributed by atoms with E-state index >= 15 is 0 Å². The zero-order valence-corrected chi connectivity index (χ0v) is 13.7. The van der Waals surface area contributed by atoms with Crippen LogP contribution in [-0.4, -0.2) is 29.2 Å². The third-order valence-corrected chi connectivity index (χ3v) is 4.15. The lowest BCUT2D eigenvalue weighted by Gasteiger charge is -2.36. The van der Waals surface area contributed by atoms with Gasteiger partial charge in [-0.05, 0) is 25.7 Å². The third kappa shape index (κ3) is 4.92. The van der Waals surface area contributed by atoms with Crippen molar-refractivity contribution in [1.82, 2.24) is 4.90 Å². The Morgan fingerprint density at radius 2 is 1.80 bits per heavy atom. The lowest BCUT2D eigenvalue weighted by atomic mass is 9.88. The first-order valence-corrected chi connectivity index (χ1v) is 8.23. The number of rotatable bonds is 6. The van der Waals surface area contributed by atoms with Gasteiger partial charge in [-0.1, -0.05) is 53.4 Å². The number of carbonyl (C=O) groups is 2. The smallest absolute Gasteiger partial charge is 0.290 e. The zero-order chi connectivity index (χ0) is 15.2. The molecule has 0 aromatic carbocycles. The van der Waals surface area contributed by atoms with E-state index in [9.17, 15) is 9.59 Å². The van der Waals surface area contributed by atoms with Gasteiger partial charge in [0.2, 0.25) is 5.78 Å². The Kier molecular flexibility index (Phi) is 6.70. The highest BCUT2D eigenvalue weighted by Crippen LogP contribution is 2.25. The fourth-order valence-corrected chi connectivity index (χ4v) is 2.83. The van der Waals surface area contributed by atoms with E-state index in [0.29, 0.717) is 6.04 Å². The Morgan fingerprint density at radius 3 is 2.40 bits per heavy atom. The Hall–Kier alpha value is -0.860. The quantitative estimate of drug-likeness (QED) is 0.546. The first kappa shape index (κ1) is 17.2. The Morgan fingerprint density at radius 1 is 1.10 bits per heavy atom. The van der Waals surface area contributed by atoms with E-state index in [1.807, 2.05) is 25.7 Å². The maximum Gasteiger partial charge on any atom is 0.290 e. The number of Topliss-reactive ketones (excluding diaryl/α,β-unsaturated/α-hetero) is 1. The summed E-state index contributed by atoms with van der Waals surface area (Å²) >= 11 is 0. The Balaban J connectivity index is 2.59. The standard InChI is InChI=1S/C17H31NO2/c1-5-6-7-8-11-14-12-9-10-13-18(14)16(20)15(19)17(2,3)4/h14H,5-13H2,1-4H3. The van der Waals surface area contributed by atoms with Crippen LogP contribution < -0.4 is 0 Å². The van der Waals surface area contributed by atoms with Crippen LogP contribution in [0.5, 0.6) is 0 Å². The fourth-order valence-electron chi connectivity index (χ4n) is 2.83. The summed E-state index contributed by atoms with van der Waals surface area (Å²) in [7, 11) is 0. The topological polar surface area (TPSA) is 37.4 Å². The SMILES string of the molecule is CCCCCCC1CCCCN1C(=O)C(=O)C(C)(C)C. The largest absolute Gasteiger partial charge is 0.333 e. The lowest BCUT2D eigenvalue weighted by molar-refractivity contribution is -0.151. The number of hydrogen-bond donors (Lipinski definition) is 0. The molecular weight excluding hydrogens is 250 g/mol. The predicted molar refractivity (Wildman–Crippen MR) is 82.6 cm³/mol. The number of ketones is 1. The van der Waals surface area contributed by atoms with E-state index in [0.717, 1.165) is 25.8 Å². The van der Waals surface area contributed by atoms with E-state index in [1.54, 1.807) is 0 Å². The van der Waals surface area contributed by atoms with Crippen molar-refractivity contribution < 1.29 is 9.59 Å². The molecule has 1 aliphatic heterocycles. The van der Waals surface area contributed by atoms with Gasteiger partial charge in [-0.15, -0.1) is 0 Å². The number of hydrogen-bond acceptors (Lipinski definition) is 2. The van der Waals surface area contributed by atoms with Gasteiger partial charge in [0.05, 0.1) is 0 Å². The van der Waals surface area contributed by atoms with Gasteiger partial charge < -0.3 is 4.90 Å². The van der Waals surface area contributed by atoms with E-state index in [2.05, 4.69) is 6.92 Å². The molecule has 0 N–H and O–H groups in total. The van der Waals surface area contributed by atoms with Crippen molar-refractivity contribution in [3.8, 4) is 0 Å². The molecule has 0 aromatic rings. The second-order valence-corrected chi connectivity index (χ2v) is 7.08. The van der Waals surface area contributed by atoms with Crippen LogP contribution in [-0.2, 0) is 9.59 Å². The predicted octanol–water partition coefficient (Wildman–Crippen LogP) is 3.95. The third-order valence-electron chi connectivity index (χ3n) is 4.15. The van der Waals surface area contributed by atoms with Crippen LogP contribution in [0.15, 0.2) is 0 Å². The van der Waals surface area contributed by atoms with Crippen LogP contribution in [0.3, 0.4) is 0 Å². The first-order valence-electron chi connectivity index (χ1n) is 8.23. The second kappa shape index (κ2) is 7.80. The van der Waals surface area contributed by atoms with Gasteiger partial charge in [0.15, 0.2) is 0 Å². The van der Waals surface area contributed by atoms with Gasteiger partial charge in [-0.2, -0.15) is 0 Å². The summed E-state index contributed by atoms with van der Waals surface area (Å²) in [6, 6.07) is 0.291. The Bertz CT molecular complexity index is 330. The molecule has 1 amide bonds. The summed E-state index contributed by atoms with van der Waals surface area (Å²) in [5.41, 5.74) is -0.568. The molecule has 1 atom stereocenters. The van der Waals surface area contributed by atoms with Gasteiger partial charge in [-0.3, -0.25) is 9.59 Å². The maximum absolute atomic E-state index is 12.4. The summed E-state index contributed by atoms with van der Waals surface area (Å²) in [6.45, 7) is 8.45. The zero-order valence-electron chi connectivity index (χ0n) is 13.7. The van der Waals surface area contributed by atoms with Gasteiger partial charge in [0, 0.05) is 18.0 Å². The van der Waals surface area contributed by atoms with Crippen molar-refractivity contribution in [2.45, 2.75) is 85.1 Å². The van der Waals surface area contributed by atoms with Crippen molar-refractivity contribution >= 4 is 11.7 Å². The van der Waals surface area contributed by atoms with E-state index in [1.165, 1.54) is 32.1 Å².